The number of nitrogens with one attached hydrogen (secondary N) is 2. The van der Waals surface area contributed by atoms with E-state index in [1.54, 1.807) is 30.5 Å². The van der Waals surface area contributed by atoms with Gasteiger partial charge in [-0.3, -0.25) is 4.99 Å². The summed E-state index contributed by atoms with van der Waals surface area (Å²) in [5.41, 5.74) is 0.836. The zero-order valence-electron chi connectivity index (χ0n) is 13.6. The van der Waals surface area contributed by atoms with Crippen molar-refractivity contribution in [2.24, 2.45) is 4.99 Å². The van der Waals surface area contributed by atoms with Crippen LogP contribution >= 0.6 is 11.3 Å². The standard InChI is InChI=1S/C17H21F2N3OS/c1-12(15-7-4-8-24-15)10-21-17(20-2)22-11-13-5-3-6-14(9-13)23-16(18)19/h3-9,12,16H,10-11H2,1-2H3,(H2,20,21,22). The van der Waals surface area contributed by atoms with Crippen LogP contribution in [0.15, 0.2) is 46.8 Å². The lowest BCUT2D eigenvalue weighted by Crippen LogP contribution is -2.38. The Bertz CT molecular complexity index is 647. The number of nitrogens with zero attached hydrogens (tertiary/aromatic N) is 1. The molecule has 0 saturated heterocycles. The Balaban J connectivity index is 1.83. The zero-order valence-corrected chi connectivity index (χ0v) is 14.4. The van der Waals surface area contributed by atoms with Crippen LogP contribution in [0.3, 0.4) is 0 Å². The third-order valence-corrected chi connectivity index (χ3v) is 4.52. The van der Waals surface area contributed by atoms with Gasteiger partial charge in [-0.25, -0.2) is 0 Å². The van der Waals surface area contributed by atoms with Crippen LogP contribution in [-0.4, -0.2) is 26.2 Å². The number of guanidine groups is 1. The van der Waals surface area contributed by atoms with Crippen molar-refractivity contribution in [3.8, 4) is 5.75 Å². The van der Waals surface area contributed by atoms with Crippen LogP contribution in [0.25, 0.3) is 0 Å². The van der Waals surface area contributed by atoms with E-state index in [4.69, 9.17) is 0 Å². The maximum Gasteiger partial charge on any atom is 0.387 e. The van der Waals surface area contributed by atoms with Crippen LogP contribution in [0.5, 0.6) is 5.75 Å². The van der Waals surface area contributed by atoms with Gasteiger partial charge in [0, 0.05) is 30.9 Å². The van der Waals surface area contributed by atoms with Crippen molar-refractivity contribution >= 4 is 17.3 Å². The number of hydrogen-bond donors (Lipinski definition) is 2. The summed E-state index contributed by atoms with van der Waals surface area (Å²) < 4.78 is 28.9. The molecule has 0 aliphatic heterocycles. The second kappa shape index (κ2) is 9.22. The van der Waals surface area contributed by atoms with E-state index >= 15 is 0 Å². The number of hydrogen-bond acceptors (Lipinski definition) is 3. The first-order chi connectivity index (χ1) is 11.6. The van der Waals surface area contributed by atoms with Gasteiger partial charge in [-0.2, -0.15) is 8.78 Å². The maximum atomic E-state index is 12.2. The molecule has 130 valence electrons. The van der Waals surface area contributed by atoms with E-state index < -0.39 is 6.61 Å². The summed E-state index contributed by atoms with van der Waals surface area (Å²) in [6.07, 6.45) is 0. The summed E-state index contributed by atoms with van der Waals surface area (Å²) in [4.78, 5) is 5.49. The molecule has 1 unspecified atom stereocenters. The van der Waals surface area contributed by atoms with E-state index in [0.717, 1.165) is 12.1 Å². The molecule has 0 aliphatic carbocycles. The SMILES string of the molecule is CN=C(NCc1cccc(OC(F)F)c1)NCC(C)c1cccs1. The fourth-order valence-electron chi connectivity index (χ4n) is 2.16. The Labute approximate surface area is 144 Å². The molecule has 0 bridgehead atoms. The van der Waals surface area contributed by atoms with Crippen molar-refractivity contribution in [1.82, 2.24) is 10.6 Å². The lowest BCUT2D eigenvalue weighted by molar-refractivity contribution is -0.0498. The van der Waals surface area contributed by atoms with Crippen molar-refractivity contribution in [2.75, 3.05) is 13.6 Å². The number of ether oxygens (including phenoxy) is 1. The first-order valence-corrected chi connectivity index (χ1v) is 8.48. The lowest BCUT2D eigenvalue weighted by atomic mass is 10.1. The molecule has 1 atom stereocenters. The molecule has 0 amide bonds. The van der Waals surface area contributed by atoms with Crippen LogP contribution < -0.4 is 15.4 Å². The molecule has 2 aromatic rings. The molecule has 0 radical (unpaired) electrons. The third kappa shape index (κ3) is 5.81. The van der Waals surface area contributed by atoms with E-state index in [2.05, 4.69) is 38.7 Å². The first-order valence-electron chi connectivity index (χ1n) is 7.60. The number of alkyl halides is 2. The Morgan fingerprint density at radius 3 is 2.75 bits per heavy atom. The van der Waals surface area contributed by atoms with Gasteiger partial charge in [-0.05, 0) is 29.1 Å². The topological polar surface area (TPSA) is 45.7 Å². The van der Waals surface area contributed by atoms with Gasteiger partial charge in [0.15, 0.2) is 5.96 Å². The number of halogens is 2. The smallest absolute Gasteiger partial charge is 0.387 e. The van der Waals surface area contributed by atoms with Gasteiger partial charge in [0.2, 0.25) is 0 Å². The summed E-state index contributed by atoms with van der Waals surface area (Å²) in [6, 6.07) is 10.8. The fraction of sp³-hybridized carbons (Fsp3) is 0.353. The van der Waals surface area contributed by atoms with E-state index in [1.165, 1.54) is 10.9 Å². The van der Waals surface area contributed by atoms with E-state index in [0.29, 0.717) is 18.4 Å². The molecule has 1 aromatic carbocycles. The van der Waals surface area contributed by atoms with E-state index in [-0.39, 0.29) is 5.75 Å². The van der Waals surface area contributed by atoms with Crippen LogP contribution in [0.1, 0.15) is 23.3 Å². The maximum absolute atomic E-state index is 12.2. The zero-order chi connectivity index (χ0) is 17.4. The third-order valence-electron chi connectivity index (χ3n) is 3.41. The number of rotatable bonds is 7. The molecule has 0 fully saturated rings. The molecule has 4 nitrogen and oxygen atoms in total. The second-order valence-electron chi connectivity index (χ2n) is 5.25. The molecular formula is C17H21F2N3OS. The van der Waals surface area contributed by atoms with Crippen LogP contribution in [-0.2, 0) is 6.54 Å². The summed E-state index contributed by atoms with van der Waals surface area (Å²) >= 11 is 1.73. The Morgan fingerprint density at radius 1 is 1.25 bits per heavy atom. The van der Waals surface area contributed by atoms with Crippen molar-refractivity contribution in [2.45, 2.75) is 26.0 Å². The highest BCUT2D eigenvalue weighted by Crippen LogP contribution is 2.19. The number of aliphatic imine (C=N–C) groups is 1. The summed E-state index contributed by atoms with van der Waals surface area (Å²) in [5, 5.41) is 8.50. The van der Waals surface area contributed by atoms with Gasteiger partial charge in [-0.15, -0.1) is 11.3 Å². The molecular weight excluding hydrogens is 332 g/mol. The average molecular weight is 353 g/mol. The minimum Gasteiger partial charge on any atom is -0.435 e. The molecule has 7 heteroatoms. The summed E-state index contributed by atoms with van der Waals surface area (Å²) in [6.45, 7) is 0.556. The van der Waals surface area contributed by atoms with Gasteiger partial charge >= 0.3 is 6.61 Å². The van der Waals surface area contributed by atoms with E-state index in [9.17, 15) is 8.78 Å². The molecule has 0 saturated carbocycles. The van der Waals surface area contributed by atoms with Crippen LogP contribution in [0.4, 0.5) is 8.78 Å². The summed E-state index contributed by atoms with van der Waals surface area (Å²) in [7, 11) is 1.70. The quantitative estimate of drug-likeness (QED) is 0.588. The molecule has 1 aromatic heterocycles. The van der Waals surface area contributed by atoms with Crippen LogP contribution in [0.2, 0.25) is 0 Å². The predicted molar refractivity (Wildman–Crippen MR) is 94.0 cm³/mol. The largest absolute Gasteiger partial charge is 0.435 e. The molecule has 2 rings (SSSR count). The molecule has 0 aliphatic rings. The normalized spacial score (nSPS) is 13.0. The Hall–Kier alpha value is -2.15. The van der Waals surface area contributed by atoms with Crippen molar-refractivity contribution < 1.29 is 13.5 Å². The average Bonchev–Trinajstić information content (AvgIpc) is 3.09. The molecule has 24 heavy (non-hydrogen) atoms. The van der Waals surface area contributed by atoms with Gasteiger partial charge in [0.05, 0.1) is 0 Å². The van der Waals surface area contributed by atoms with Crippen molar-refractivity contribution in [3.05, 3.63) is 52.2 Å². The van der Waals surface area contributed by atoms with Crippen molar-refractivity contribution in [3.63, 3.8) is 0 Å². The highest BCUT2D eigenvalue weighted by Gasteiger charge is 2.08. The highest BCUT2D eigenvalue weighted by atomic mass is 32.1. The fourth-order valence-corrected chi connectivity index (χ4v) is 2.95. The predicted octanol–water partition coefficient (Wildman–Crippen LogP) is 3.82. The molecule has 0 spiro atoms. The Morgan fingerprint density at radius 2 is 2.08 bits per heavy atom. The second-order valence-corrected chi connectivity index (χ2v) is 6.23. The van der Waals surface area contributed by atoms with Crippen LogP contribution in [0, 0.1) is 0 Å². The number of benzene rings is 1. The van der Waals surface area contributed by atoms with Gasteiger partial charge in [-0.1, -0.05) is 25.1 Å². The minimum atomic E-state index is -2.82. The highest BCUT2D eigenvalue weighted by molar-refractivity contribution is 7.10. The van der Waals surface area contributed by atoms with E-state index in [1.807, 2.05) is 12.1 Å². The monoisotopic (exact) mass is 353 g/mol. The van der Waals surface area contributed by atoms with Crippen molar-refractivity contribution in [1.29, 1.82) is 0 Å². The lowest BCUT2D eigenvalue weighted by Gasteiger charge is -2.15. The summed E-state index contributed by atoms with van der Waals surface area (Å²) in [5.74, 6) is 1.20. The molecule has 1 heterocycles. The Kier molecular flexibility index (Phi) is 6.99. The van der Waals surface area contributed by atoms with Gasteiger partial charge in [0.25, 0.3) is 0 Å². The van der Waals surface area contributed by atoms with Gasteiger partial charge in [0.1, 0.15) is 5.75 Å². The first kappa shape index (κ1) is 18.2. The number of thiophene rings is 1. The van der Waals surface area contributed by atoms with Gasteiger partial charge < -0.3 is 15.4 Å². The molecule has 2 N–H and O–H groups in total. The minimum absolute atomic E-state index is 0.151.